The number of carbonyl (C=O) groups excluding carboxylic acids is 1. The lowest BCUT2D eigenvalue weighted by atomic mass is 10.0. The third-order valence-electron chi connectivity index (χ3n) is 3.84. The number of amides is 1. The zero-order chi connectivity index (χ0) is 14.2. The van der Waals surface area contributed by atoms with Gasteiger partial charge in [-0.15, -0.1) is 0 Å². The summed E-state index contributed by atoms with van der Waals surface area (Å²) in [5.41, 5.74) is 4.11. The van der Waals surface area contributed by atoms with Crippen LogP contribution >= 0.6 is 0 Å². The first-order valence-electron chi connectivity index (χ1n) is 6.95. The number of anilines is 2. The minimum atomic E-state index is 0.0196. The fourth-order valence-electron chi connectivity index (χ4n) is 2.75. The van der Waals surface area contributed by atoms with E-state index in [1.54, 1.807) is 0 Å². The molecule has 2 aromatic rings. The van der Waals surface area contributed by atoms with Crippen LogP contribution in [0.2, 0.25) is 0 Å². The van der Waals surface area contributed by atoms with Crippen LogP contribution in [0.1, 0.15) is 17.2 Å². The number of hydrogen-bond acceptors (Lipinski definition) is 4. The van der Waals surface area contributed by atoms with Crippen molar-refractivity contribution < 1.29 is 4.79 Å². The van der Waals surface area contributed by atoms with Gasteiger partial charge in [-0.1, -0.05) is 35.6 Å². The fourth-order valence-corrected chi connectivity index (χ4v) is 2.75. The quantitative estimate of drug-likeness (QED) is 0.917. The number of para-hydroxylation sites is 1. The normalized spacial score (nSPS) is 19.7. The maximum atomic E-state index is 11.4. The van der Waals surface area contributed by atoms with E-state index < -0.39 is 0 Å². The summed E-state index contributed by atoms with van der Waals surface area (Å²) in [4.78, 5) is 11.4. The van der Waals surface area contributed by atoms with Gasteiger partial charge in [0, 0.05) is 5.69 Å². The van der Waals surface area contributed by atoms with Gasteiger partial charge in [0.15, 0.2) is 0 Å². The summed E-state index contributed by atoms with van der Waals surface area (Å²) in [5, 5.41) is 13.4. The van der Waals surface area contributed by atoms with Crippen molar-refractivity contribution >= 4 is 17.3 Å². The van der Waals surface area contributed by atoms with Crippen LogP contribution in [0.25, 0.3) is 0 Å². The topological polar surface area (TPSA) is 57.1 Å². The minimum Gasteiger partial charge on any atom is -0.326 e. The molecule has 0 aromatic heterocycles. The molecule has 0 fully saturated rings. The van der Waals surface area contributed by atoms with Gasteiger partial charge in [0.25, 0.3) is 0 Å². The summed E-state index contributed by atoms with van der Waals surface area (Å²) in [6.07, 6.45) is 0.454. The summed E-state index contributed by atoms with van der Waals surface area (Å²) < 4.78 is 0. The zero-order valence-corrected chi connectivity index (χ0v) is 11.4. The van der Waals surface area contributed by atoms with Gasteiger partial charge in [-0.05, 0) is 29.3 Å². The molecule has 104 valence electrons. The van der Waals surface area contributed by atoms with E-state index in [4.69, 9.17) is 0 Å². The van der Waals surface area contributed by atoms with E-state index in [1.807, 2.05) is 47.5 Å². The Balaban J connectivity index is 1.56. The van der Waals surface area contributed by atoms with Crippen LogP contribution in [0.4, 0.5) is 11.4 Å². The van der Waals surface area contributed by atoms with E-state index >= 15 is 0 Å². The molecule has 5 nitrogen and oxygen atoms in total. The summed E-state index contributed by atoms with van der Waals surface area (Å²) in [6, 6.07) is 16.1. The average Bonchev–Trinajstić information content (AvgIpc) is 3.12. The molecule has 2 heterocycles. The molecule has 4 rings (SSSR count). The lowest BCUT2D eigenvalue weighted by molar-refractivity contribution is -0.115. The van der Waals surface area contributed by atoms with Crippen molar-refractivity contribution in [2.75, 3.05) is 16.9 Å². The first kappa shape index (κ1) is 12.1. The highest BCUT2D eigenvalue weighted by atomic mass is 16.1. The van der Waals surface area contributed by atoms with Crippen LogP contribution in [0.3, 0.4) is 0 Å². The van der Waals surface area contributed by atoms with Gasteiger partial charge < -0.3 is 5.32 Å². The molecular formula is C16H14N4O. The number of benzene rings is 2. The molecule has 1 amide bonds. The Labute approximate surface area is 122 Å². The molecule has 0 aliphatic carbocycles. The second kappa shape index (κ2) is 4.70. The molecule has 0 saturated heterocycles. The largest absolute Gasteiger partial charge is 0.326 e. The number of fused-ring (bicyclic) bond motifs is 1. The monoisotopic (exact) mass is 278 g/mol. The van der Waals surface area contributed by atoms with Crippen molar-refractivity contribution in [3.05, 3.63) is 59.7 Å². The molecule has 2 aliphatic rings. The minimum absolute atomic E-state index is 0.0196. The van der Waals surface area contributed by atoms with Crippen LogP contribution in [0, 0.1) is 0 Å². The average molecular weight is 278 g/mol. The molecule has 1 unspecified atom stereocenters. The highest BCUT2D eigenvalue weighted by Gasteiger charge is 2.24. The highest BCUT2D eigenvalue weighted by molar-refractivity contribution is 5.99. The van der Waals surface area contributed by atoms with E-state index in [0.717, 1.165) is 29.0 Å². The highest BCUT2D eigenvalue weighted by Crippen LogP contribution is 2.32. The molecule has 0 spiro atoms. The summed E-state index contributed by atoms with van der Waals surface area (Å²) in [6.45, 7) is 0.726. The number of rotatable bonds is 2. The molecule has 1 N–H and O–H groups in total. The van der Waals surface area contributed by atoms with Gasteiger partial charge in [-0.2, -0.15) is 5.11 Å². The van der Waals surface area contributed by atoms with Crippen molar-refractivity contribution in [3.63, 3.8) is 0 Å². The Morgan fingerprint density at radius 1 is 1.14 bits per heavy atom. The van der Waals surface area contributed by atoms with Gasteiger partial charge in [-0.3, -0.25) is 4.79 Å². The van der Waals surface area contributed by atoms with Gasteiger partial charge in [0.1, 0.15) is 6.04 Å². The van der Waals surface area contributed by atoms with Gasteiger partial charge in [0.2, 0.25) is 5.91 Å². The van der Waals surface area contributed by atoms with Crippen LogP contribution < -0.4 is 10.3 Å². The zero-order valence-electron chi connectivity index (χ0n) is 11.4. The third kappa shape index (κ3) is 2.16. The van der Waals surface area contributed by atoms with Crippen molar-refractivity contribution in [2.24, 2.45) is 10.3 Å². The fraction of sp³-hybridized carbons (Fsp3) is 0.188. The van der Waals surface area contributed by atoms with Crippen LogP contribution in [0.15, 0.2) is 58.9 Å². The molecule has 21 heavy (non-hydrogen) atoms. The number of carbonyl (C=O) groups is 1. The summed E-state index contributed by atoms with van der Waals surface area (Å²) in [5.74, 6) is 0.0566. The van der Waals surface area contributed by atoms with Crippen LogP contribution in [-0.4, -0.2) is 12.5 Å². The van der Waals surface area contributed by atoms with Gasteiger partial charge in [-0.25, -0.2) is 5.01 Å². The lowest BCUT2D eigenvalue weighted by Crippen LogP contribution is -2.16. The standard InChI is InChI=1S/C16H14N4O/c21-16-9-12-8-11(6-7-14(12)17-16)15-10-20(19-18-15)13-4-2-1-3-5-13/h1-8,15H,9-10H2,(H,17,21). The van der Waals surface area contributed by atoms with E-state index in [9.17, 15) is 4.79 Å². The first-order chi connectivity index (χ1) is 10.3. The van der Waals surface area contributed by atoms with Crippen LogP contribution in [0.5, 0.6) is 0 Å². The molecule has 0 radical (unpaired) electrons. The molecule has 0 saturated carbocycles. The SMILES string of the molecule is O=C1Cc2cc(C3CN(c4ccccc4)N=N3)ccc2N1. The third-order valence-corrected chi connectivity index (χ3v) is 3.84. The summed E-state index contributed by atoms with van der Waals surface area (Å²) in [7, 11) is 0. The molecule has 5 heteroatoms. The second-order valence-corrected chi connectivity index (χ2v) is 5.28. The maximum absolute atomic E-state index is 11.4. The van der Waals surface area contributed by atoms with E-state index in [0.29, 0.717) is 6.42 Å². The van der Waals surface area contributed by atoms with Crippen molar-refractivity contribution in [1.29, 1.82) is 0 Å². The van der Waals surface area contributed by atoms with E-state index in [1.165, 1.54) is 0 Å². The molecular weight excluding hydrogens is 264 g/mol. The first-order valence-corrected chi connectivity index (χ1v) is 6.95. The lowest BCUT2D eigenvalue weighted by Gasteiger charge is -2.14. The molecule has 1 atom stereocenters. The molecule has 0 bridgehead atoms. The number of nitrogens with zero attached hydrogens (tertiary/aromatic N) is 3. The Morgan fingerprint density at radius 2 is 2.00 bits per heavy atom. The molecule has 2 aliphatic heterocycles. The van der Waals surface area contributed by atoms with Crippen LogP contribution in [-0.2, 0) is 11.2 Å². The van der Waals surface area contributed by atoms with Crippen molar-refractivity contribution in [1.82, 2.24) is 0 Å². The predicted molar refractivity (Wildman–Crippen MR) is 80.2 cm³/mol. The van der Waals surface area contributed by atoms with Crippen molar-refractivity contribution in [2.45, 2.75) is 12.5 Å². The summed E-state index contributed by atoms with van der Waals surface area (Å²) >= 11 is 0. The predicted octanol–water partition coefficient (Wildman–Crippen LogP) is 3.11. The second-order valence-electron chi connectivity index (χ2n) is 5.28. The number of hydrogen-bond donors (Lipinski definition) is 1. The Hall–Kier alpha value is -2.69. The van der Waals surface area contributed by atoms with Gasteiger partial charge in [0.05, 0.1) is 18.7 Å². The Bertz CT molecular complexity index is 726. The number of nitrogens with one attached hydrogen (secondary N) is 1. The van der Waals surface area contributed by atoms with E-state index in [2.05, 4.69) is 21.7 Å². The van der Waals surface area contributed by atoms with E-state index in [-0.39, 0.29) is 11.9 Å². The Kier molecular flexibility index (Phi) is 2.70. The smallest absolute Gasteiger partial charge is 0.228 e. The molecule has 2 aromatic carbocycles. The maximum Gasteiger partial charge on any atom is 0.228 e. The Morgan fingerprint density at radius 3 is 2.86 bits per heavy atom. The van der Waals surface area contributed by atoms with Gasteiger partial charge >= 0.3 is 0 Å². The van der Waals surface area contributed by atoms with Crippen molar-refractivity contribution in [3.8, 4) is 0 Å².